The Hall–Kier alpha value is -1.94. The van der Waals surface area contributed by atoms with Crippen LogP contribution in [0.5, 0.6) is 0 Å². The van der Waals surface area contributed by atoms with Crippen LogP contribution >= 0.6 is 15.6 Å². The summed E-state index contributed by atoms with van der Waals surface area (Å²) in [6.45, 7) is 14.3. The van der Waals surface area contributed by atoms with Crippen LogP contribution in [0.15, 0.2) is 0 Å². The molecule has 0 aromatic carbocycles. The van der Waals surface area contributed by atoms with Gasteiger partial charge in [0.05, 0.1) is 26.4 Å². The van der Waals surface area contributed by atoms with Gasteiger partial charge in [-0.1, -0.05) is 364 Å². The van der Waals surface area contributed by atoms with Crippen molar-refractivity contribution in [3.63, 3.8) is 0 Å². The number of esters is 4. The molecule has 0 aliphatic carbocycles. The molecule has 0 aromatic heterocycles. The van der Waals surface area contributed by atoms with E-state index in [4.69, 9.17) is 37.0 Å². The molecule has 0 aromatic rings. The number of rotatable bonds is 78. The van der Waals surface area contributed by atoms with Crippen LogP contribution in [0.3, 0.4) is 0 Å². The van der Waals surface area contributed by atoms with Crippen LogP contribution in [0.1, 0.15) is 415 Å². The molecule has 0 saturated carbocycles. The number of carbonyl (C=O) groups is 4. The third kappa shape index (κ3) is 74.3. The maximum atomic E-state index is 13.1. The lowest BCUT2D eigenvalue weighted by molar-refractivity contribution is -0.161. The lowest BCUT2D eigenvalue weighted by Crippen LogP contribution is -2.30. The average molecular weight is 1470 g/mol. The molecule has 0 heterocycles. The highest BCUT2D eigenvalue weighted by atomic mass is 31.2. The zero-order valence-electron chi connectivity index (χ0n) is 65.8. The van der Waals surface area contributed by atoms with E-state index in [1.165, 1.54) is 218 Å². The van der Waals surface area contributed by atoms with Crippen LogP contribution in [0.2, 0.25) is 0 Å². The summed E-state index contributed by atoms with van der Waals surface area (Å²) >= 11 is 0. The fourth-order valence-electron chi connectivity index (χ4n) is 12.4. The summed E-state index contributed by atoms with van der Waals surface area (Å²) in [4.78, 5) is 73.0. The molecule has 0 spiro atoms. The Bertz CT molecular complexity index is 1950. The smallest absolute Gasteiger partial charge is 0.462 e. The minimum absolute atomic E-state index is 0.105. The molecule has 0 saturated heterocycles. The van der Waals surface area contributed by atoms with Gasteiger partial charge in [0.1, 0.15) is 19.3 Å². The van der Waals surface area contributed by atoms with Gasteiger partial charge in [-0.2, -0.15) is 0 Å². The Balaban J connectivity index is 5.25. The second-order valence-corrected chi connectivity index (χ2v) is 34.0. The van der Waals surface area contributed by atoms with E-state index in [0.717, 1.165) is 114 Å². The van der Waals surface area contributed by atoms with Crippen molar-refractivity contribution >= 4 is 39.5 Å². The van der Waals surface area contributed by atoms with Crippen molar-refractivity contribution < 1.29 is 80.2 Å². The van der Waals surface area contributed by atoms with Crippen molar-refractivity contribution in [2.75, 3.05) is 39.6 Å². The summed E-state index contributed by atoms with van der Waals surface area (Å²) in [7, 11) is -9.92. The minimum Gasteiger partial charge on any atom is -0.462 e. The van der Waals surface area contributed by atoms with Gasteiger partial charge < -0.3 is 33.8 Å². The van der Waals surface area contributed by atoms with Crippen LogP contribution in [0, 0.1) is 23.7 Å². The monoisotopic (exact) mass is 1470 g/mol. The molecule has 5 atom stereocenters. The highest BCUT2D eigenvalue weighted by Crippen LogP contribution is 2.45. The van der Waals surface area contributed by atoms with Gasteiger partial charge in [-0.25, -0.2) is 9.13 Å². The van der Waals surface area contributed by atoms with Crippen LogP contribution in [0.25, 0.3) is 0 Å². The van der Waals surface area contributed by atoms with Crippen molar-refractivity contribution in [1.82, 2.24) is 0 Å². The molecule has 17 nitrogen and oxygen atoms in total. The molecule has 3 unspecified atom stereocenters. The zero-order valence-corrected chi connectivity index (χ0v) is 67.6. The Morgan fingerprint density at radius 1 is 0.250 bits per heavy atom. The summed E-state index contributed by atoms with van der Waals surface area (Å²) in [5.74, 6) is 0.973. The molecule has 594 valence electrons. The summed E-state index contributed by atoms with van der Waals surface area (Å²) in [5, 5.41) is 10.6. The number of phosphoric acid groups is 2. The number of aliphatic hydroxyl groups is 1. The fourth-order valence-corrected chi connectivity index (χ4v) is 14.0. The second-order valence-electron chi connectivity index (χ2n) is 31.1. The van der Waals surface area contributed by atoms with E-state index in [1.807, 2.05) is 0 Å². The van der Waals surface area contributed by atoms with Crippen molar-refractivity contribution in [3.05, 3.63) is 0 Å². The SMILES string of the molecule is CC(C)CCCCCCCCCCCCCCCCCCC(=O)O[C@H](COC(=O)CCCCCCCCCCCCCCCCC(C)C)COP(=O)(O)OCC(O)COP(=O)(O)OC[C@@H](COC(=O)CCCCCCCCCCC(C)C)OC(=O)CCCCCCCCCCCCC(C)C. The number of carbonyl (C=O) groups excluding carboxylic acids is 4. The van der Waals surface area contributed by atoms with Crippen molar-refractivity contribution in [2.45, 2.75) is 433 Å². The Labute approximate surface area is 613 Å². The first-order valence-corrected chi connectivity index (χ1v) is 44.7. The fraction of sp³-hybridized carbons (Fsp3) is 0.951. The maximum Gasteiger partial charge on any atom is 0.472 e. The standard InChI is InChI=1S/C81H158O17P2/c1-71(2)57-49-41-33-25-19-15-11-9-10-12-18-22-29-39-47-55-63-80(85)97-76(67-91-78(83)61-53-45-37-28-21-17-14-13-16-20-26-34-42-50-58-72(3)4)69-95-99(87,88)93-65-75(82)66-94-100(89,90)96-70-77(68-92-79(84)62-54-46-38-32-31-36-44-52-60-74(7)8)98-81(86)64-56-48-40-30-24-23-27-35-43-51-59-73(5)6/h71-77,82H,9-70H2,1-8H3,(H,87,88)(H,89,90)/t75?,76-,77-/m1/s1. The van der Waals surface area contributed by atoms with E-state index in [2.05, 4.69) is 55.4 Å². The summed E-state index contributed by atoms with van der Waals surface area (Å²) in [6, 6.07) is 0. The molecule has 0 aliphatic heterocycles. The van der Waals surface area contributed by atoms with Gasteiger partial charge >= 0.3 is 39.5 Å². The quantitative estimate of drug-likeness (QED) is 0.0222. The highest BCUT2D eigenvalue weighted by Gasteiger charge is 2.30. The summed E-state index contributed by atoms with van der Waals surface area (Å²) < 4.78 is 68.7. The number of unbranched alkanes of at least 4 members (excludes halogenated alkanes) is 44. The molecule has 19 heteroatoms. The van der Waals surface area contributed by atoms with Crippen molar-refractivity contribution in [1.29, 1.82) is 0 Å². The number of aliphatic hydroxyl groups excluding tert-OH is 1. The van der Waals surface area contributed by atoms with Crippen LogP contribution in [0.4, 0.5) is 0 Å². The van der Waals surface area contributed by atoms with Gasteiger partial charge in [-0.05, 0) is 49.4 Å². The van der Waals surface area contributed by atoms with Gasteiger partial charge in [-0.3, -0.25) is 37.3 Å². The molecule has 0 rings (SSSR count). The third-order valence-electron chi connectivity index (χ3n) is 18.8. The highest BCUT2D eigenvalue weighted by molar-refractivity contribution is 7.47. The Morgan fingerprint density at radius 2 is 0.420 bits per heavy atom. The molecule has 0 aliphatic rings. The normalized spacial score (nSPS) is 14.0. The van der Waals surface area contributed by atoms with Gasteiger partial charge in [0.25, 0.3) is 0 Å². The summed E-state index contributed by atoms with van der Waals surface area (Å²) in [6.07, 6.45) is 56.9. The average Bonchev–Trinajstić information content (AvgIpc) is 0.912. The molecule has 100 heavy (non-hydrogen) atoms. The third-order valence-corrected chi connectivity index (χ3v) is 20.7. The van der Waals surface area contributed by atoms with Gasteiger partial charge in [0.15, 0.2) is 12.2 Å². The predicted molar refractivity (Wildman–Crippen MR) is 409 cm³/mol. The molecule has 0 bridgehead atoms. The molecule has 0 amide bonds. The minimum atomic E-state index is -4.96. The predicted octanol–water partition coefficient (Wildman–Crippen LogP) is 24.0. The van der Waals surface area contributed by atoms with E-state index in [-0.39, 0.29) is 25.7 Å². The number of ether oxygens (including phenoxy) is 4. The van der Waals surface area contributed by atoms with E-state index in [9.17, 15) is 43.2 Å². The topological polar surface area (TPSA) is 237 Å². The van der Waals surface area contributed by atoms with E-state index >= 15 is 0 Å². The zero-order chi connectivity index (χ0) is 73.8. The lowest BCUT2D eigenvalue weighted by Gasteiger charge is -2.21. The van der Waals surface area contributed by atoms with E-state index in [1.54, 1.807) is 0 Å². The maximum absolute atomic E-state index is 13.1. The molecule has 0 fully saturated rings. The largest absolute Gasteiger partial charge is 0.472 e. The summed E-state index contributed by atoms with van der Waals surface area (Å²) in [5.41, 5.74) is 0. The van der Waals surface area contributed by atoms with Crippen molar-refractivity contribution in [3.8, 4) is 0 Å². The van der Waals surface area contributed by atoms with Crippen LogP contribution < -0.4 is 0 Å². The van der Waals surface area contributed by atoms with Gasteiger partial charge in [-0.15, -0.1) is 0 Å². The van der Waals surface area contributed by atoms with E-state index < -0.39 is 97.5 Å². The first-order chi connectivity index (χ1) is 48.1. The lowest BCUT2D eigenvalue weighted by atomic mass is 10.0. The van der Waals surface area contributed by atoms with Crippen LogP contribution in [-0.2, 0) is 65.4 Å². The number of hydrogen-bond donors (Lipinski definition) is 3. The Kier molecular flexibility index (Phi) is 68.7. The molecule has 3 N–H and O–H groups in total. The van der Waals surface area contributed by atoms with Crippen LogP contribution in [-0.4, -0.2) is 96.7 Å². The van der Waals surface area contributed by atoms with Gasteiger partial charge in [0, 0.05) is 25.7 Å². The van der Waals surface area contributed by atoms with E-state index in [0.29, 0.717) is 25.7 Å². The number of hydrogen-bond acceptors (Lipinski definition) is 15. The van der Waals surface area contributed by atoms with Gasteiger partial charge in [0.2, 0.25) is 0 Å². The molecular formula is C81H158O17P2. The number of phosphoric ester groups is 2. The Morgan fingerprint density at radius 3 is 0.620 bits per heavy atom. The first-order valence-electron chi connectivity index (χ1n) is 41.7. The molecular weight excluding hydrogens is 1310 g/mol. The first kappa shape index (κ1) is 98.1. The second kappa shape index (κ2) is 70.1. The van der Waals surface area contributed by atoms with Crippen molar-refractivity contribution in [2.24, 2.45) is 23.7 Å². The molecule has 0 radical (unpaired) electrons.